The Morgan fingerprint density at radius 3 is 2.50 bits per heavy atom. The Hall–Kier alpha value is -0.370. The van der Waals surface area contributed by atoms with Crippen molar-refractivity contribution >= 4 is 41.3 Å². The van der Waals surface area contributed by atoms with Gasteiger partial charge in [-0.2, -0.15) is 0 Å². The highest BCUT2D eigenvalue weighted by molar-refractivity contribution is 14.0. The lowest BCUT2D eigenvalue weighted by Crippen LogP contribution is -2.37. The Bertz CT molecular complexity index is 404. The van der Waals surface area contributed by atoms with E-state index < -0.39 is 0 Å². The van der Waals surface area contributed by atoms with Crippen molar-refractivity contribution in [2.75, 3.05) is 13.6 Å². The molecule has 6 heteroatoms. The lowest BCUT2D eigenvalue weighted by atomic mass is 10.2. The third kappa shape index (κ3) is 7.42. The summed E-state index contributed by atoms with van der Waals surface area (Å²) in [5, 5.41) is 7.81. The van der Waals surface area contributed by atoms with Crippen molar-refractivity contribution in [1.82, 2.24) is 15.6 Å². The zero-order chi connectivity index (χ0) is 14.1. The summed E-state index contributed by atoms with van der Waals surface area (Å²) in [6, 6.07) is 0. The van der Waals surface area contributed by atoms with Crippen molar-refractivity contribution in [2.45, 2.75) is 53.0 Å². The molecule has 0 atom stereocenters. The second-order valence-electron chi connectivity index (χ2n) is 4.65. The van der Waals surface area contributed by atoms with Crippen molar-refractivity contribution in [2.24, 2.45) is 4.99 Å². The van der Waals surface area contributed by atoms with Gasteiger partial charge in [-0.15, -0.1) is 35.3 Å². The molecule has 0 saturated heterocycles. The minimum absolute atomic E-state index is 0. The second-order valence-corrected chi connectivity index (χ2v) is 5.94. The van der Waals surface area contributed by atoms with Gasteiger partial charge in [-0.25, -0.2) is 4.98 Å². The number of rotatable bonds is 7. The summed E-state index contributed by atoms with van der Waals surface area (Å²) in [6.45, 7) is 8.11. The first-order valence-electron chi connectivity index (χ1n) is 7.04. The van der Waals surface area contributed by atoms with E-state index in [2.05, 4.69) is 34.5 Å². The summed E-state index contributed by atoms with van der Waals surface area (Å²) < 4.78 is 0. The molecular weight excluding hydrogens is 383 g/mol. The van der Waals surface area contributed by atoms with Crippen molar-refractivity contribution in [3.05, 3.63) is 15.6 Å². The van der Waals surface area contributed by atoms with Crippen LogP contribution in [0.3, 0.4) is 0 Å². The Morgan fingerprint density at radius 1 is 1.20 bits per heavy atom. The summed E-state index contributed by atoms with van der Waals surface area (Å²) in [5.41, 5.74) is 1.12. The summed E-state index contributed by atoms with van der Waals surface area (Å²) in [5.74, 6) is 0.877. The molecule has 1 rings (SSSR count). The highest BCUT2D eigenvalue weighted by Gasteiger charge is 2.05. The quantitative estimate of drug-likeness (QED) is 0.313. The predicted molar refractivity (Wildman–Crippen MR) is 99.3 cm³/mol. The molecule has 20 heavy (non-hydrogen) atoms. The van der Waals surface area contributed by atoms with Gasteiger partial charge < -0.3 is 10.6 Å². The Morgan fingerprint density at radius 2 is 1.95 bits per heavy atom. The van der Waals surface area contributed by atoms with Crippen molar-refractivity contribution in [3.63, 3.8) is 0 Å². The molecular formula is C14H27IN4S. The molecule has 0 radical (unpaired) electrons. The Labute approximate surface area is 143 Å². The molecule has 0 spiro atoms. The normalized spacial score (nSPS) is 11.1. The van der Waals surface area contributed by atoms with Crippen LogP contribution in [0.5, 0.6) is 0 Å². The number of hydrogen-bond acceptors (Lipinski definition) is 3. The average Bonchev–Trinajstić information content (AvgIpc) is 2.71. The fourth-order valence-corrected chi connectivity index (χ4v) is 2.76. The van der Waals surface area contributed by atoms with Gasteiger partial charge in [-0.3, -0.25) is 4.99 Å². The van der Waals surface area contributed by atoms with Gasteiger partial charge in [0, 0.05) is 18.5 Å². The van der Waals surface area contributed by atoms with Crippen LogP contribution in [-0.2, 0) is 6.54 Å². The second kappa shape index (κ2) is 11.3. The van der Waals surface area contributed by atoms with Crippen molar-refractivity contribution in [1.29, 1.82) is 0 Å². The molecule has 1 aromatic rings. The van der Waals surface area contributed by atoms with E-state index in [9.17, 15) is 0 Å². The van der Waals surface area contributed by atoms with E-state index >= 15 is 0 Å². The molecule has 4 nitrogen and oxygen atoms in total. The number of thiazole rings is 1. The number of halogens is 1. The van der Waals surface area contributed by atoms with E-state index in [-0.39, 0.29) is 24.0 Å². The van der Waals surface area contributed by atoms with Crippen molar-refractivity contribution < 1.29 is 0 Å². The Kier molecular flexibility index (Phi) is 11.1. The molecule has 0 unspecified atom stereocenters. The van der Waals surface area contributed by atoms with Crippen LogP contribution in [0.25, 0.3) is 0 Å². The van der Waals surface area contributed by atoms with Crippen molar-refractivity contribution in [3.8, 4) is 0 Å². The number of aryl methyl sites for hydroxylation is 2. The van der Waals surface area contributed by atoms with E-state index in [1.165, 1.54) is 30.6 Å². The maximum atomic E-state index is 4.43. The highest BCUT2D eigenvalue weighted by atomic mass is 127. The summed E-state index contributed by atoms with van der Waals surface area (Å²) in [4.78, 5) is 9.95. The van der Waals surface area contributed by atoms with Gasteiger partial charge in [-0.1, -0.05) is 26.2 Å². The molecule has 0 aliphatic carbocycles. The fraction of sp³-hybridized carbons (Fsp3) is 0.714. The number of nitrogens with one attached hydrogen (secondary N) is 2. The maximum Gasteiger partial charge on any atom is 0.191 e. The van der Waals surface area contributed by atoms with Crippen LogP contribution in [0.15, 0.2) is 4.99 Å². The third-order valence-electron chi connectivity index (χ3n) is 2.96. The van der Waals surface area contributed by atoms with Crippen LogP contribution in [0.2, 0.25) is 0 Å². The van der Waals surface area contributed by atoms with Gasteiger partial charge in [0.25, 0.3) is 0 Å². The summed E-state index contributed by atoms with van der Waals surface area (Å²) in [7, 11) is 1.81. The van der Waals surface area contributed by atoms with E-state index in [4.69, 9.17) is 0 Å². The molecule has 0 aliphatic rings. The minimum Gasteiger partial charge on any atom is -0.356 e. The highest BCUT2D eigenvalue weighted by Crippen LogP contribution is 2.16. The molecule has 0 fully saturated rings. The topological polar surface area (TPSA) is 49.3 Å². The summed E-state index contributed by atoms with van der Waals surface area (Å²) >= 11 is 1.75. The largest absolute Gasteiger partial charge is 0.356 e. The molecule has 0 aliphatic heterocycles. The van der Waals surface area contributed by atoms with Gasteiger partial charge in [0.05, 0.1) is 17.2 Å². The lowest BCUT2D eigenvalue weighted by Gasteiger charge is -2.11. The Balaban J connectivity index is 0.00000361. The maximum absolute atomic E-state index is 4.43. The molecule has 1 aromatic heterocycles. The van der Waals surface area contributed by atoms with Gasteiger partial charge >= 0.3 is 0 Å². The zero-order valence-corrected chi connectivity index (χ0v) is 16.1. The lowest BCUT2D eigenvalue weighted by molar-refractivity contribution is 0.647. The average molecular weight is 410 g/mol. The van der Waals surface area contributed by atoms with E-state index in [0.29, 0.717) is 0 Å². The van der Waals surface area contributed by atoms with E-state index in [0.717, 1.165) is 29.8 Å². The molecule has 0 bridgehead atoms. The van der Waals surface area contributed by atoms with Crippen LogP contribution < -0.4 is 10.6 Å². The molecule has 1 heterocycles. The molecule has 2 N–H and O–H groups in total. The standard InChI is InChI=1S/C14H26N4S.HI/c1-5-6-7-8-9-16-14(15-4)17-10-13-11(2)18-12(3)19-13;/h5-10H2,1-4H3,(H2,15,16,17);1H. The molecule has 0 amide bonds. The van der Waals surface area contributed by atoms with Crippen LogP contribution >= 0.6 is 35.3 Å². The zero-order valence-electron chi connectivity index (χ0n) is 13.0. The SMILES string of the molecule is CCCCCCNC(=NC)NCc1sc(C)nc1C.I. The van der Waals surface area contributed by atoms with Crippen LogP contribution in [0.1, 0.15) is 48.2 Å². The third-order valence-corrected chi connectivity index (χ3v) is 4.04. The van der Waals surface area contributed by atoms with E-state index in [1.807, 2.05) is 14.0 Å². The van der Waals surface area contributed by atoms with E-state index in [1.54, 1.807) is 11.3 Å². The first-order chi connectivity index (χ1) is 9.17. The van der Waals surface area contributed by atoms with Crippen LogP contribution in [-0.4, -0.2) is 24.5 Å². The van der Waals surface area contributed by atoms with Gasteiger partial charge in [0.15, 0.2) is 5.96 Å². The fourth-order valence-electron chi connectivity index (χ4n) is 1.88. The number of nitrogens with zero attached hydrogens (tertiary/aromatic N) is 2. The van der Waals surface area contributed by atoms with Gasteiger partial charge in [0.2, 0.25) is 0 Å². The van der Waals surface area contributed by atoms with Crippen LogP contribution in [0, 0.1) is 13.8 Å². The van der Waals surface area contributed by atoms with Gasteiger partial charge in [0.1, 0.15) is 0 Å². The first kappa shape index (κ1) is 19.6. The predicted octanol–water partition coefficient (Wildman–Crippen LogP) is 3.62. The number of guanidine groups is 1. The number of hydrogen-bond donors (Lipinski definition) is 2. The number of aliphatic imine (C=N–C) groups is 1. The minimum atomic E-state index is 0. The molecule has 0 saturated carbocycles. The van der Waals surface area contributed by atoms with Gasteiger partial charge in [-0.05, 0) is 20.3 Å². The molecule has 0 aromatic carbocycles. The molecule has 116 valence electrons. The van der Waals surface area contributed by atoms with Crippen LogP contribution in [0.4, 0.5) is 0 Å². The first-order valence-corrected chi connectivity index (χ1v) is 7.86. The number of aromatic nitrogens is 1. The summed E-state index contributed by atoms with van der Waals surface area (Å²) in [6.07, 6.45) is 5.07. The monoisotopic (exact) mass is 410 g/mol. The number of unbranched alkanes of at least 4 members (excludes halogenated alkanes) is 3. The smallest absolute Gasteiger partial charge is 0.191 e.